The monoisotopic (exact) mass is 542 g/mol. The normalized spacial score (nSPS) is 15.4. The molecule has 0 saturated carbocycles. The highest BCUT2D eigenvalue weighted by atomic mass is 19.1. The Morgan fingerprint density at radius 2 is 2.00 bits per heavy atom. The van der Waals surface area contributed by atoms with Gasteiger partial charge in [0.1, 0.15) is 11.6 Å². The number of anilines is 3. The number of hydrogen-bond acceptors (Lipinski definition) is 9. The third-order valence-corrected chi connectivity index (χ3v) is 7.46. The van der Waals surface area contributed by atoms with Crippen LogP contribution < -0.4 is 10.2 Å². The maximum atomic E-state index is 13.7. The molecule has 0 bridgehead atoms. The first kappa shape index (κ1) is 26.9. The fraction of sp³-hybridized carbons (Fsp3) is 0.393. The van der Waals surface area contributed by atoms with E-state index in [0.29, 0.717) is 49.9 Å². The summed E-state index contributed by atoms with van der Waals surface area (Å²) >= 11 is 0. The summed E-state index contributed by atoms with van der Waals surface area (Å²) in [5, 5.41) is 23.8. The van der Waals surface area contributed by atoms with Crippen molar-refractivity contribution in [2.45, 2.75) is 52.4 Å². The minimum atomic E-state index is -0.699. The first-order chi connectivity index (χ1) is 19.2. The second-order valence-corrected chi connectivity index (χ2v) is 10.4. The Bertz CT molecular complexity index is 1530. The van der Waals surface area contributed by atoms with Crippen LogP contribution in [0.4, 0.5) is 22.0 Å². The van der Waals surface area contributed by atoms with Crippen molar-refractivity contribution in [3.63, 3.8) is 0 Å². The predicted octanol–water partition coefficient (Wildman–Crippen LogP) is 4.54. The minimum absolute atomic E-state index is 0.0826. The number of piperidine rings is 1. The average Bonchev–Trinajstić information content (AvgIpc) is 3.56. The molecule has 0 radical (unpaired) electrons. The lowest BCUT2D eigenvalue weighted by molar-refractivity contribution is -0.130. The van der Waals surface area contributed by atoms with Crippen molar-refractivity contribution in [1.82, 2.24) is 34.9 Å². The van der Waals surface area contributed by atoms with Crippen LogP contribution in [0.15, 0.2) is 42.9 Å². The number of carbonyl (C=O) groups excluding carboxylic acids is 1. The second-order valence-electron chi connectivity index (χ2n) is 10.4. The van der Waals surface area contributed by atoms with Crippen molar-refractivity contribution < 1.29 is 9.18 Å². The first-order valence-corrected chi connectivity index (χ1v) is 13.2. The predicted molar refractivity (Wildman–Crippen MR) is 147 cm³/mol. The van der Waals surface area contributed by atoms with Crippen molar-refractivity contribution in [2.24, 2.45) is 5.41 Å². The Balaban J connectivity index is 1.24. The number of aromatic nitrogens is 7. The van der Waals surface area contributed by atoms with Crippen LogP contribution in [0.2, 0.25) is 0 Å². The van der Waals surface area contributed by atoms with Gasteiger partial charge in [-0.25, -0.2) is 19.0 Å². The Labute approximate surface area is 231 Å². The Hall–Kier alpha value is -4.66. The molecule has 0 unspecified atom stereocenters. The van der Waals surface area contributed by atoms with Gasteiger partial charge in [0.2, 0.25) is 5.95 Å². The summed E-state index contributed by atoms with van der Waals surface area (Å²) in [5.41, 5.74) is 1.95. The Kier molecular flexibility index (Phi) is 7.55. The van der Waals surface area contributed by atoms with Crippen molar-refractivity contribution in [2.75, 3.05) is 23.3 Å². The molecule has 4 aromatic heterocycles. The lowest BCUT2D eigenvalue weighted by Gasteiger charge is -2.40. The number of nitrogens with zero attached hydrogens (tertiary/aromatic N) is 8. The largest absolute Gasteiger partial charge is 0.356 e. The standard InChI is InChI=1S/C28H31FN10O/c1-18(21-4-5-25(31-15-21)39-17-22(29)16-32-39)12-23(40)28(6-9-30)7-10-38(11-8-28)26-14-19(2)33-27(35-26)34-24-13-20(3)36-37-24/h4-5,13-18H,6-8,10-12H2,1-3H3,(H2,33,34,35,36,37)/t18-/m1/s1. The molecule has 1 fully saturated rings. The molecule has 206 valence electrons. The number of halogens is 1. The summed E-state index contributed by atoms with van der Waals surface area (Å²) < 4.78 is 14.7. The Morgan fingerprint density at radius 1 is 1.20 bits per heavy atom. The van der Waals surface area contributed by atoms with Gasteiger partial charge in [-0.3, -0.25) is 9.89 Å². The van der Waals surface area contributed by atoms with Gasteiger partial charge < -0.3 is 10.2 Å². The summed E-state index contributed by atoms with van der Waals surface area (Å²) in [4.78, 5) is 29.3. The van der Waals surface area contributed by atoms with Crippen molar-refractivity contribution >= 4 is 23.4 Å². The van der Waals surface area contributed by atoms with Gasteiger partial charge >= 0.3 is 0 Å². The van der Waals surface area contributed by atoms with E-state index in [9.17, 15) is 14.4 Å². The van der Waals surface area contributed by atoms with E-state index in [1.807, 2.05) is 39.0 Å². The quantitative estimate of drug-likeness (QED) is 0.312. The molecule has 0 aromatic carbocycles. The zero-order valence-electron chi connectivity index (χ0n) is 22.7. The van der Waals surface area contributed by atoms with E-state index in [2.05, 4.69) is 46.5 Å². The van der Waals surface area contributed by atoms with Crippen LogP contribution in [0.25, 0.3) is 5.82 Å². The van der Waals surface area contributed by atoms with Crippen LogP contribution >= 0.6 is 0 Å². The zero-order chi connectivity index (χ0) is 28.3. The SMILES string of the molecule is Cc1cc(N2CCC(CC#N)(C(=O)C[C@@H](C)c3ccc(-n4cc(F)cn4)nc3)CC2)nc(Nc2cc(C)[nH]n2)n1. The summed E-state index contributed by atoms with van der Waals surface area (Å²) in [5.74, 6) is 1.94. The number of Topliss-reactive ketones (excluding diaryl/α,β-unsaturated/α-hetero) is 1. The molecule has 5 rings (SSSR count). The molecule has 11 nitrogen and oxygen atoms in total. The summed E-state index contributed by atoms with van der Waals surface area (Å²) in [6.45, 7) is 7.03. The van der Waals surface area contributed by atoms with E-state index in [0.717, 1.165) is 29.0 Å². The molecule has 1 saturated heterocycles. The maximum absolute atomic E-state index is 13.7. The molecule has 12 heteroatoms. The van der Waals surface area contributed by atoms with Crippen molar-refractivity contribution in [3.05, 3.63) is 65.6 Å². The van der Waals surface area contributed by atoms with Crippen LogP contribution in [0, 0.1) is 36.4 Å². The van der Waals surface area contributed by atoms with E-state index in [1.165, 1.54) is 10.9 Å². The van der Waals surface area contributed by atoms with E-state index in [-0.39, 0.29) is 18.1 Å². The third-order valence-electron chi connectivity index (χ3n) is 7.46. The van der Waals surface area contributed by atoms with Crippen LogP contribution in [-0.4, -0.2) is 53.8 Å². The smallest absolute Gasteiger partial charge is 0.230 e. The van der Waals surface area contributed by atoms with Gasteiger partial charge in [-0.1, -0.05) is 13.0 Å². The summed E-state index contributed by atoms with van der Waals surface area (Å²) in [6.07, 6.45) is 5.70. The van der Waals surface area contributed by atoms with Gasteiger partial charge in [0.25, 0.3) is 0 Å². The second kappa shape index (κ2) is 11.2. The fourth-order valence-corrected chi connectivity index (χ4v) is 5.10. The number of hydrogen-bond donors (Lipinski definition) is 2. The van der Waals surface area contributed by atoms with E-state index in [1.54, 1.807) is 12.3 Å². The molecule has 0 amide bonds. The molecule has 1 atom stereocenters. The number of aromatic amines is 1. The van der Waals surface area contributed by atoms with Gasteiger partial charge in [0, 0.05) is 61.1 Å². The van der Waals surface area contributed by atoms with Gasteiger partial charge in [-0.15, -0.1) is 0 Å². The number of rotatable bonds is 9. The first-order valence-electron chi connectivity index (χ1n) is 13.2. The molecule has 0 spiro atoms. The molecular formula is C28H31FN10O. The summed E-state index contributed by atoms with van der Waals surface area (Å²) in [7, 11) is 0. The molecule has 4 aromatic rings. The fourth-order valence-electron chi connectivity index (χ4n) is 5.10. The lowest BCUT2D eigenvalue weighted by atomic mass is 9.70. The molecule has 40 heavy (non-hydrogen) atoms. The molecular weight excluding hydrogens is 511 g/mol. The molecule has 1 aliphatic rings. The minimum Gasteiger partial charge on any atom is -0.356 e. The van der Waals surface area contributed by atoms with Crippen LogP contribution in [0.5, 0.6) is 0 Å². The van der Waals surface area contributed by atoms with Crippen molar-refractivity contribution in [1.29, 1.82) is 5.26 Å². The number of carbonyl (C=O) groups is 1. The summed E-state index contributed by atoms with van der Waals surface area (Å²) in [6, 6.07) is 9.70. The highest BCUT2D eigenvalue weighted by Gasteiger charge is 2.41. The van der Waals surface area contributed by atoms with Gasteiger partial charge in [0.05, 0.1) is 18.5 Å². The van der Waals surface area contributed by atoms with Gasteiger partial charge in [-0.05, 0) is 44.2 Å². The van der Waals surface area contributed by atoms with Crippen LogP contribution in [-0.2, 0) is 4.79 Å². The average molecular weight is 543 g/mol. The third kappa shape index (κ3) is 5.83. The molecule has 1 aliphatic heterocycles. The molecule has 5 heterocycles. The van der Waals surface area contributed by atoms with Crippen LogP contribution in [0.3, 0.4) is 0 Å². The van der Waals surface area contributed by atoms with E-state index in [4.69, 9.17) is 0 Å². The number of nitrogens with one attached hydrogen (secondary N) is 2. The topological polar surface area (TPSA) is 141 Å². The van der Waals surface area contributed by atoms with Crippen LogP contribution in [0.1, 0.15) is 55.5 Å². The van der Waals surface area contributed by atoms with Crippen molar-refractivity contribution in [3.8, 4) is 11.9 Å². The van der Waals surface area contributed by atoms with E-state index < -0.39 is 11.2 Å². The number of H-pyrrole nitrogens is 1. The number of nitriles is 1. The molecule has 2 N–H and O–H groups in total. The number of aryl methyl sites for hydroxylation is 2. The highest BCUT2D eigenvalue weighted by molar-refractivity contribution is 5.86. The highest BCUT2D eigenvalue weighted by Crippen LogP contribution is 2.40. The number of pyridine rings is 1. The maximum Gasteiger partial charge on any atom is 0.230 e. The Morgan fingerprint density at radius 3 is 2.62 bits per heavy atom. The van der Waals surface area contributed by atoms with Gasteiger partial charge in [-0.2, -0.15) is 20.4 Å². The molecule has 0 aliphatic carbocycles. The van der Waals surface area contributed by atoms with Gasteiger partial charge in [0.15, 0.2) is 17.5 Å². The lowest BCUT2D eigenvalue weighted by Crippen LogP contribution is -2.45. The van der Waals surface area contributed by atoms with E-state index >= 15 is 0 Å². The zero-order valence-corrected chi connectivity index (χ0v) is 22.7. The number of ketones is 1.